The van der Waals surface area contributed by atoms with Gasteiger partial charge in [0.1, 0.15) is 11.4 Å². The normalized spacial score (nSPS) is 24.2. The molecule has 0 saturated heterocycles. The fraction of sp³-hybridized carbons (Fsp3) is 0.385. The minimum absolute atomic E-state index is 0.171. The number of hydrazone groups is 1. The number of hydrogen-bond donors (Lipinski definition) is 2. The topological polar surface area (TPSA) is 59.6 Å². The summed E-state index contributed by atoms with van der Waals surface area (Å²) in [5.74, 6) is 0.858. The maximum Gasteiger partial charge on any atom is 0.184 e. The molecule has 1 aliphatic rings. The molecule has 0 bridgehead atoms. The Bertz CT molecular complexity index is 501. The van der Waals surface area contributed by atoms with Gasteiger partial charge in [-0.25, -0.2) is 0 Å². The number of ether oxygens (including phenoxy) is 1. The number of nitrogens with two attached hydrogens (primary N) is 1. The second kappa shape index (κ2) is 4.94. The Labute approximate surface area is 112 Å². The number of para-hydroxylation sites is 1. The summed E-state index contributed by atoms with van der Waals surface area (Å²) in [6.07, 6.45) is 1.64. The zero-order valence-corrected chi connectivity index (χ0v) is 11.4. The fourth-order valence-corrected chi connectivity index (χ4v) is 2.01. The number of nitrogens with one attached hydrogen (secondary N) is 1. The first-order chi connectivity index (χ1) is 8.54. The van der Waals surface area contributed by atoms with Gasteiger partial charge in [-0.1, -0.05) is 19.1 Å². The largest absolute Gasteiger partial charge is 0.486 e. The third-order valence-corrected chi connectivity index (χ3v) is 3.24. The first-order valence-electron chi connectivity index (χ1n) is 5.94. The summed E-state index contributed by atoms with van der Waals surface area (Å²) in [6.45, 7) is 4.19. The smallest absolute Gasteiger partial charge is 0.184 e. The van der Waals surface area contributed by atoms with E-state index in [-0.39, 0.29) is 10.7 Å². The highest BCUT2D eigenvalue weighted by molar-refractivity contribution is 7.80. The first kappa shape index (κ1) is 12.8. The summed E-state index contributed by atoms with van der Waals surface area (Å²) in [7, 11) is 0. The van der Waals surface area contributed by atoms with Crippen molar-refractivity contribution >= 4 is 23.0 Å². The third kappa shape index (κ3) is 2.61. The molecule has 96 valence electrons. The highest BCUT2D eigenvalue weighted by Crippen LogP contribution is 2.34. The molecule has 0 radical (unpaired) electrons. The Hall–Kier alpha value is -1.62. The second-order valence-corrected chi connectivity index (χ2v) is 5.05. The Balaban J connectivity index is 2.40. The lowest BCUT2D eigenvalue weighted by Gasteiger charge is -2.35. The zero-order valence-electron chi connectivity index (χ0n) is 10.6. The van der Waals surface area contributed by atoms with E-state index < -0.39 is 0 Å². The second-order valence-electron chi connectivity index (χ2n) is 4.61. The maximum absolute atomic E-state index is 6.03. The summed E-state index contributed by atoms with van der Waals surface area (Å²) >= 11 is 4.78. The number of thiocarbonyl (C=S) groups is 1. The van der Waals surface area contributed by atoms with E-state index in [1.54, 1.807) is 0 Å². The molecular weight excluding hydrogens is 246 g/mol. The van der Waals surface area contributed by atoms with Gasteiger partial charge in [0.2, 0.25) is 0 Å². The van der Waals surface area contributed by atoms with Gasteiger partial charge in [0.25, 0.3) is 0 Å². The Morgan fingerprint density at radius 1 is 1.56 bits per heavy atom. The fourth-order valence-electron chi connectivity index (χ4n) is 1.96. The molecule has 5 heteroatoms. The first-order valence-corrected chi connectivity index (χ1v) is 6.35. The van der Waals surface area contributed by atoms with E-state index in [2.05, 4.69) is 24.4 Å². The summed E-state index contributed by atoms with van der Waals surface area (Å²) in [4.78, 5) is 0. The van der Waals surface area contributed by atoms with E-state index in [9.17, 15) is 0 Å². The predicted octanol–water partition coefficient (Wildman–Crippen LogP) is 2.18. The van der Waals surface area contributed by atoms with Crippen LogP contribution in [0.2, 0.25) is 0 Å². The van der Waals surface area contributed by atoms with Crippen LogP contribution >= 0.6 is 12.2 Å². The lowest BCUT2D eigenvalue weighted by Crippen LogP contribution is -2.39. The van der Waals surface area contributed by atoms with Gasteiger partial charge in [0.15, 0.2) is 5.11 Å². The monoisotopic (exact) mass is 263 g/mol. The van der Waals surface area contributed by atoms with E-state index in [0.717, 1.165) is 29.9 Å². The van der Waals surface area contributed by atoms with Crippen LogP contribution in [0.4, 0.5) is 0 Å². The van der Waals surface area contributed by atoms with Crippen LogP contribution in [0.3, 0.4) is 0 Å². The van der Waals surface area contributed by atoms with Crippen molar-refractivity contribution in [1.29, 1.82) is 0 Å². The molecule has 2 rings (SSSR count). The molecule has 0 saturated carbocycles. The van der Waals surface area contributed by atoms with Crippen molar-refractivity contribution in [1.82, 2.24) is 5.43 Å². The van der Waals surface area contributed by atoms with Gasteiger partial charge >= 0.3 is 0 Å². The van der Waals surface area contributed by atoms with Crippen LogP contribution in [-0.2, 0) is 0 Å². The Morgan fingerprint density at radius 2 is 2.28 bits per heavy atom. The number of hydrogen-bond acceptors (Lipinski definition) is 3. The van der Waals surface area contributed by atoms with Crippen LogP contribution in [0.15, 0.2) is 29.4 Å². The highest BCUT2D eigenvalue weighted by Gasteiger charge is 2.33. The molecule has 0 spiro atoms. The van der Waals surface area contributed by atoms with Crippen LogP contribution < -0.4 is 15.9 Å². The molecule has 0 aromatic heterocycles. The van der Waals surface area contributed by atoms with Gasteiger partial charge in [-0.2, -0.15) is 5.10 Å². The molecular formula is C13H17N3OS. The molecule has 1 heterocycles. The van der Waals surface area contributed by atoms with E-state index in [0.29, 0.717) is 0 Å². The molecule has 0 aliphatic carbocycles. The van der Waals surface area contributed by atoms with Crippen LogP contribution in [-0.4, -0.2) is 16.4 Å². The molecule has 3 N–H and O–H groups in total. The lowest BCUT2D eigenvalue weighted by molar-refractivity contribution is 0.0862. The standard InChI is InChI=1S/C13H17N3OS/c1-3-13(2)8-10(15-16-12(14)18)9-6-4-5-7-11(9)17-13/h4-7H,3,8H2,1-2H3,(H3,14,16,18)/b15-10+. The van der Waals surface area contributed by atoms with Crippen LogP contribution in [0, 0.1) is 0 Å². The summed E-state index contributed by atoms with van der Waals surface area (Å²) in [6, 6.07) is 7.87. The number of fused-ring (bicyclic) bond motifs is 1. The van der Waals surface area contributed by atoms with E-state index in [4.69, 9.17) is 22.7 Å². The molecule has 4 nitrogen and oxygen atoms in total. The quantitative estimate of drug-likeness (QED) is 0.634. The van der Waals surface area contributed by atoms with Crippen molar-refractivity contribution in [3.8, 4) is 5.75 Å². The summed E-state index contributed by atoms with van der Waals surface area (Å²) in [5, 5.41) is 4.46. The van der Waals surface area contributed by atoms with Gasteiger partial charge in [0, 0.05) is 12.0 Å². The van der Waals surface area contributed by atoms with Crippen molar-refractivity contribution < 1.29 is 4.74 Å². The maximum atomic E-state index is 6.03. The van der Waals surface area contributed by atoms with Crippen LogP contribution in [0.5, 0.6) is 5.75 Å². The molecule has 1 unspecified atom stereocenters. The number of rotatable bonds is 2. The van der Waals surface area contributed by atoms with Gasteiger partial charge < -0.3 is 10.5 Å². The summed E-state index contributed by atoms with van der Waals surface area (Å²) in [5.41, 5.74) is 9.76. The average molecular weight is 263 g/mol. The SMILES string of the molecule is CCC1(C)C/C(=N\NC(N)=S)c2ccccc2O1. The minimum atomic E-state index is -0.231. The Kier molecular flexibility index (Phi) is 3.52. The molecule has 18 heavy (non-hydrogen) atoms. The van der Waals surface area contributed by atoms with Gasteiger partial charge in [-0.15, -0.1) is 0 Å². The Morgan fingerprint density at radius 3 is 2.94 bits per heavy atom. The van der Waals surface area contributed by atoms with E-state index >= 15 is 0 Å². The third-order valence-electron chi connectivity index (χ3n) is 3.14. The van der Waals surface area contributed by atoms with Crippen LogP contribution in [0.25, 0.3) is 0 Å². The molecule has 1 atom stereocenters. The molecule has 1 aromatic carbocycles. The molecule has 0 amide bonds. The molecule has 0 fully saturated rings. The van der Waals surface area contributed by atoms with Crippen molar-refractivity contribution in [2.75, 3.05) is 0 Å². The van der Waals surface area contributed by atoms with Gasteiger partial charge in [-0.05, 0) is 37.7 Å². The number of benzene rings is 1. The van der Waals surface area contributed by atoms with Gasteiger partial charge in [0.05, 0.1) is 5.71 Å². The zero-order chi connectivity index (χ0) is 13.2. The van der Waals surface area contributed by atoms with Crippen molar-refractivity contribution in [2.24, 2.45) is 10.8 Å². The predicted molar refractivity (Wildman–Crippen MR) is 76.8 cm³/mol. The average Bonchev–Trinajstić information content (AvgIpc) is 2.35. The molecule has 1 aromatic rings. The highest BCUT2D eigenvalue weighted by atomic mass is 32.1. The lowest BCUT2D eigenvalue weighted by atomic mass is 9.89. The number of nitrogens with zero attached hydrogens (tertiary/aromatic N) is 1. The minimum Gasteiger partial charge on any atom is -0.486 e. The molecule has 1 aliphatic heterocycles. The van der Waals surface area contributed by atoms with Crippen molar-refractivity contribution in [3.63, 3.8) is 0 Å². The van der Waals surface area contributed by atoms with Crippen molar-refractivity contribution in [3.05, 3.63) is 29.8 Å². The van der Waals surface area contributed by atoms with Crippen LogP contribution in [0.1, 0.15) is 32.3 Å². The van der Waals surface area contributed by atoms with E-state index in [1.807, 2.05) is 24.3 Å². The summed E-state index contributed by atoms with van der Waals surface area (Å²) < 4.78 is 6.03. The van der Waals surface area contributed by atoms with E-state index in [1.165, 1.54) is 0 Å². The van der Waals surface area contributed by atoms with Crippen molar-refractivity contribution in [2.45, 2.75) is 32.3 Å². The van der Waals surface area contributed by atoms with Gasteiger partial charge in [-0.3, -0.25) is 5.43 Å².